The molecule has 0 unspecified atom stereocenters. The number of pyridine rings is 1. The van der Waals surface area contributed by atoms with E-state index in [9.17, 15) is 17.6 Å². The van der Waals surface area contributed by atoms with Gasteiger partial charge in [0.15, 0.2) is 0 Å². The lowest BCUT2D eigenvalue weighted by Gasteiger charge is -2.10. The van der Waals surface area contributed by atoms with E-state index >= 15 is 0 Å². The SMILES string of the molecule is Fc1cc(CNCCc2cccnc2)cc(C(F)(F)F)c1. The quantitative estimate of drug-likeness (QED) is 0.674. The average molecular weight is 298 g/mol. The van der Waals surface area contributed by atoms with E-state index < -0.39 is 17.6 Å². The van der Waals surface area contributed by atoms with Gasteiger partial charge in [-0.3, -0.25) is 4.98 Å². The molecule has 1 N–H and O–H groups in total. The maximum absolute atomic E-state index is 13.2. The van der Waals surface area contributed by atoms with Crippen molar-refractivity contribution in [3.8, 4) is 0 Å². The van der Waals surface area contributed by atoms with Crippen LogP contribution in [0.1, 0.15) is 16.7 Å². The Balaban J connectivity index is 1.90. The third kappa shape index (κ3) is 4.82. The third-order valence-electron chi connectivity index (χ3n) is 2.93. The fraction of sp³-hybridized carbons (Fsp3) is 0.267. The van der Waals surface area contributed by atoms with Crippen molar-refractivity contribution >= 4 is 0 Å². The van der Waals surface area contributed by atoms with E-state index in [1.54, 1.807) is 12.4 Å². The van der Waals surface area contributed by atoms with Gasteiger partial charge in [0, 0.05) is 18.9 Å². The minimum absolute atomic E-state index is 0.182. The van der Waals surface area contributed by atoms with Gasteiger partial charge in [-0.25, -0.2) is 4.39 Å². The first-order chi connectivity index (χ1) is 9.95. The number of hydrogen-bond acceptors (Lipinski definition) is 2. The van der Waals surface area contributed by atoms with Crippen LogP contribution in [0.3, 0.4) is 0 Å². The molecule has 0 saturated carbocycles. The molecule has 1 aromatic carbocycles. The fourth-order valence-electron chi connectivity index (χ4n) is 1.93. The Labute approximate surface area is 119 Å². The van der Waals surface area contributed by atoms with E-state index in [4.69, 9.17) is 0 Å². The van der Waals surface area contributed by atoms with Crippen LogP contribution < -0.4 is 5.32 Å². The van der Waals surface area contributed by atoms with Gasteiger partial charge in [0.25, 0.3) is 0 Å². The summed E-state index contributed by atoms with van der Waals surface area (Å²) in [4.78, 5) is 3.97. The molecule has 0 spiro atoms. The molecule has 0 aliphatic carbocycles. The van der Waals surface area contributed by atoms with Gasteiger partial charge in [-0.1, -0.05) is 6.07 Å². The third-order valence-corrected chi connectivity index (χ3v) is 2.93. The highest BCUT2D eigenvalue weighted by Gasteiger charge is 2.31. The van der Waals surface area contributed by atoms with Gasteiger partial charge in [0.1, 0.15) is 5.82 Å². The van der Waals surface area contributed by atoms with Crippen LogP contribution in [0, 0.1) is 5.82 Å². The monoisotopic (exact) mass is 298 g/mol. The van der Waals surface area contributed by atoms with E-state index in [-0.39, 0.29) is 12.1 Å². The van der Waals surface area contributed by atoms with Gasteiger partial charge in [-0.2, -0.15) is 13.2 Å². The molecule has 0 radical (unpaired) electrons. The Morgan fingerprint density at radius 3 is 2.57 bits per heavy atom. The Kier molecular flexibility index (Phi) is 4.90. The molecule has 21 heavy (non-hydrogen) atoms. The van der Waals surface area contributed by atoms with Crippen LogP contribution in [0.2, 0.25) is 0 Å². The first-order valence-electron chi connectivity index (χ1n) is 6.41. The molecule has 0 aliphatic heterocycles. The summed E-state index contributed by atoms with van der Waals surface area (Å²) < 4.78 is 50.9. The molecule has 0 aliphatic rings. The van der Waals surface area contributed by atoms with Crippen LogP contribution in [-0.2, 0) is 19.1 Å². The lowest BCUT2D eigenvalue weighted by Crippen LogP contribution is -2.17. The zero-order chi connectivity index (χ0) is 15.3. The van der Waals surface area contributed by atoms with Crippen molar-refractivity contribution in [3.63, 3.8) is 0 Å². The van der Waals surface area contributed by atoms with Crippen LogP contribution in [0.5, 0.6) is 0 Å². The first-order valence-corrected chi connectivity index (χ1v) is 6.41. The predicted octanol–water partition coefficient (Wildman–Crippen LogP) is 3.57. The summed E-state index contributed by atoms with van der Waals surface area (Å²) in [7, 11) is 0. The highest BCUT2D eigenvalue weighted by molar-refractivity contribution is 5.26. The van der Waals surface area contributed by atoms with Crippen molar-refractivity contribution in [2.75, 3.05) is 6.54 Å². The topological polar surface area (TPSA) is 24.9 Å². The maximum atomic E-state index is 13.2. The number of alkyl halides is 3. The summed E-state index contributed by atoms with van der Waals surface area (Å²) in [6, 6.07) is 6.29. The molecule has 0 atom stereocenters. The van der Waals surface area contributed by atoms with Crippen LogP contribution in [0.15, 0.2) is 42.7 Å². The molecular weight excluding hydrogens is 284 g/mol. The van der Waals surface area contributed by atoms with Crippen molar-refractivity contribution in [3.05, 3.63) is 65.2 Å². The first kappa shape index (κ1) is 15.4. The van der Waals surface area contributed by atoms with Gasteiger partial charge in [-0.05, 0) is 48.4 Å². The molecule has 0 fully saturated rings. The molecule has 2 nitrogen and oxygen atoms in total. The summed E-state index contributed by atoms with van der Waals surface area (Å²) in [5.41, 5.74) is 0.334. The van der Waals surface area contributed by atoms with Crippen LogP contribution in [0.4, 0.5) is 17.6 Å². The number of nitrogens with one attached hydrogen (secondary N) is 1. The second kappa shape index (κ2) is 6.67. The zero-order valence-corrected chi connectivity index (χ0v) is 11.1. The molecule has 112 valence electrons. The molecule has 2 rings (SSSR count). The van der Waals surface area contributed by atoms with Gasteiger partial charge in [0.2, 0.25) is 0 Å². The molecular formula is C15H14F4N2. The van der Waals surface area contributed by atoms with Crippen LogP contribution in [-0.4, -0.2) is 11.5 Å². The number of halogens is 4. The lowest BCUT2D eigenvalue weighted by molar-refractivity contribution is -0.137. The molecule has 6 heteroatoms. The van der Waals surface area contributed by atoms with Crippen molar-refractivity contribution in [1.82, 2.24) is 10.3 Å². The Hall–Kier alpha value is -1.95. The number of rotatable bonds is 5. The highest BCUT2D eigenvalue weighted by atomic mass is 19.4. The normalized spacial score (nSPS) is 11.6. The van der Waals surface area contributed by atoms with E-state index in [2.05, 4.69) is 10.3 Å². The van der Waals surface area contributed by atoms with E-state index in [0.29, 0.717) is 19.0 Å². The minimum Gasteiger partial charge on any atom is -0.312 e. The average Bonchev–Trinajstić information content (AvgIpc) is 2.43. The molecule has 0 bridgehead atoms. The van der Waals surface area contributed by atoms with Crippen molar-refractivity contribution in [2.45, 2.75) is 19.1 Å². The van der Waals surface area contributed by atoms with Gasteiger partial charge in [0.05, 0.1) is 5.56 Å². The summed E-state index contributed by atoms with van der Waals surface area (Å²) in [5, 5.41) is 2.99. The zero-order valence-electron chi connectivity index (χ0n) is 11.1. The maximum Gasteiger partial charge on any atom is 0.416 e. The second-order valence-corrected chi connectivity index (χ2v) is 4.63. The number of aromatic nitrogens is 1. The standard InChI is InChI=1S/C15H14F4N2/c16-14-7-12(6-13(8-14)15(17,18)19)10-21-5-3-11-2-1-4-20-9-11/h1-2,4,6-9,21H,3,5,10H2. The lowest BCUT2D eigenvalue weighted by atomic mass is 10.1. The molecule has 0 amide bonds. The van der Waals surface area contributed by atoms with Crippen molar-refractivity contribution in [1.29, 1.82) is 0 Å². The fourth-order valence-corrected chi connectivity index (χ4v) is 1.93. The summed E-state index contributed by atoms with van der Waals surface area (Å²) in [5.74, 6) is -0.881. The van der Waals surface area contributed by atoms with Crippen molar-refractivity contribution < 1.29 is 17.6 Å². The molecule has 1 aromatic heterocycles. The Morgan fingerprint density at radius 1 is 1.10 bits per heavy atom. The van der Waals surface area contributed by atoms with Gasteiger partial charge < -0.3 is 5.32 Å². The van der Waals surface area contributed by atoms with Crippen molar-refractivity contribution in [2.24, 2.45) is 0 Å². The minimum atomic E-state index is -4.54. The summed E-state index contributed by atoms with van der Waals surface area (Å²) >= 11 is 0. The van der Waals surface area contributed by atoms with Crippen LogP contribution in [0.25, 0.3) is 0 Å². The summed E-state index contributed by atoms with van der Waals surface area (Å²) in [6.45, 7) is 0.755. The van der Waals surface area contributed by atoms with Gasteiger partial charge in [-0.15, -0.1) is 0 Å². The van der Waals surface area contributed by atoms with E-state index in [1.807, 2.05) is 12.1 Å². The largest absolute Gasteiger partial charge is 0.416 e. The van der Waals surface area contributed by atoms with E-state index in [1.165, 1.54) is 0 Å². The Bertz CT molecular complexity index is 582. The molecule has 2 aromatic rings. The summed E-state index contributed by atoms with van der Waals surface area (Å²) in [6.07, 6.45) is -0.435. The Morgan fingerprint density at radius 2 is 1.90 bits per heavy atom. The highest BCUT2D eigenvalue weighted by Crippen LogP contribution is 2.30. The predicted molar refractivity (Wildman–Crippen MR) is 71.0 cm³/mol. The molecule has 0 saturated heterocycles. The number of benzene rings is 1. The second-order valence-electron chi connectivity index (χ2n) is 4.63. The van der Waals surface area contributed by atoms with E-state index in [0.717, 1.165) is 17.7 Å². The van der Waals surface area contributed by atoms with Crippen LogP contribution >= 0.6 is 0 Å². The molecule has 1 heterocycles. The number of nitrogens with zero attached hydrogens (tertiary/aromatic N) is 1. The number of hydrogen-bond donors (Lipinski definition) is 1. The smallest absolute Gasteiger partial charge is 0.312 e. The van der Waals surface area contributed by atoms with Gasteiger partial charge >= 0.3 is 6.18 Å².